The van der Waals surface area contributed by atoms with Gasteiger partial charge in [-0.2, -0.15) is 0 Å². The molecule has 0 bridgehead atoms. The van der Waals surface area contributed by atoms with Crippen LogP contribution in [-0.4, -0.2) is 54.6 Å². The average molecular weight is 420 g/mol. The van der Waals surface area contributed by atoms with E-state index in [-0.39, 0.29) is 24.0 Å². The molecule has 1 aromatic heterocycles. The van der Waals surface area contributed by atoms with Crippen LogP contribution in [0, 0.1) is 5.92 Å². The van der Waals surface area contributed by atoms with Crippen LogP contribution in [0.25, 0.3) is 0 Å². The largest absolute Gasteiger partial charge is 0.351 e. The van der Waals surface area contributed by atoms with Gasteiger partial charge in [0.2, 0.25) is 5.95 Å². The van der Waals surface area contributed by atoms with Crippen molar-refractivity contribution in [3.8, 4) is 0 Å². The first kappa shape index (κ1) is 19.1. The Kier molecular flexibility index (Phi) is 7.44. The first-order chi connectivity index (χ1) is 10.0. The lowest BCUT2D eigenvalue weighted by atomic mass is 10.00. The van der Waals surface area contributed by atoms with Gasteiger partial charge in [-0.25, -0.2) is 4.98 Å². The summed E-state index contributed by atoms with van der Waals surface area (Å²) in [5, 5.41) is 3.46. The third-order valence-electron chi connectivity index (χ3n) is 4.18. The van der Waals surface area contributed by atoms with E-state index < -0.39 is 0 Å². The fraction of sp³-hybridized carbons (Fsp3) is 0.733. The highest BCUT2D eigenvalue weighted by Gasteiger charge is 2.18. The van der Waals surface area contributed by atoms with Gasteiger partial charge in [0.15, 0.2) is 5.96 Å². The summed E-state index contributed by atoms with van der Waals surface area (Å²) in [6.45, 7) is 5.26. The zero-order chi connectivity index (χ0) is 15.4. The molecule has 1 saturated heterocycles. The van der Waals surface area contributed by atoms with E-state index in [1.165, 1.54) is 12.8 Å². The van der Waals surface area contributed by atoms with Crippen molar-refractivity contribution in [3.63, 3.8) is 0 Å². The molecular formula is C15H29IN6. The van der Waals surface area contributed by atoms with Crippen LogP contribution in [0.1, 0.15) is 25.5 Å². The number of guanidine groups is 1. The minimum atomic E-state index is 0. The number of hydrogen-bond acceptors (Lipinski definition) is 3. The fourth-order valence-electron chi connectivity index (χ4n) is 2.74. The molecule has 1 N–H and O–H groups in total. The van der Waals surface area contributed by atoms with Gasteiger partial charge >= 0.3 is 0 Å². The Morgan fingerprint density at radius 2 is 2.05 bits per heavy atom. The molecule has 22 heavy (non-hydrogen) atoms. The Morgan fingerprint density at radius 1 is 1.41 bits per heavy atom. The summed E-state index contributed by atoms with van der Waals surface area (Å²) in [6.07, 6.45) is 4.42. The summed E-state index contributed by atoms with van der Waals surface area (Å²) in [4.78, 5) is 13.2. The first-order valence-corrected chi connectivity index (χ1v) is 7.66. The highest BCUT2D eigenvalue weighted by atomic mass is 127. The Labute approximate surface area is 151 Å². The predicted octanol–water partition coefficient (Wildman–Crippen LogP) is 1.91. The minimum Gasteiger partial charge on any atom is -0.351 e. The van der Waals surface area contributed by atoms with Gasteiger partial charge in [-0.15, -0.1) is 24.0 Å². The summed E-state index contributed by atoms with van der Waals surface area (Å²) >= 11 is 0. The molecule has 1 aliphatic rings. The molecule has 0 spiro atoms. The van der Waals surface area contributed by atoms with E-state index in [2.05, 4.69) is 31.7 Å². The van der Waals surface area contributed by atoms with E-state index in [1.807, 2.05) is 39.3 Å². The van der Waals surface area contributed by atoms with Crippen molar-refractivity contribution in [2.45, 2.75) is 26.3 Å². The van der Waals surface area contributed by atoms with E-state index in [0.717, 1.165) is 43.2 Å². The highest BCUT2D eigenvalue weighted by Crippen LogP contribution is 2.16. The van der Waals surface area contributed by atoms with Crippen molar-refractivity contribution < 1.29 is 0 Å². The topological polar surface area (TPSA) is 48.7 Å². The lowest BCUT2D eigenvalue weighted by molar-refractivity contribution is 0.273. The number of imidazole rings is 1. The van der Waals surface area contributed by atoms with Gasteiger partial charge in [-0.1, -0.05) is 6.92 Å². The maximum Gasteiger partial charge on any atom is 0.204 e. The third-order valence-corrected chi connectivity index (χ3v) is 4.18. The van der Waals surface area contributed by atoms with Crippen LogP contribution in [-0.2, 0) is 13.6 Å². The van der Waals surface area contributed by atoms with E-state index in [1.54, 1.807) is 0 Å². The second kappa shape index (κ2) is 8.59. The monoisotopic (exact) mass is 420 g/mol. The summed E-state index contributed by atoms with van der Waals surface area (Å²) < 4.78 is 2.11. The molecule has 126 valence electrons. The molecule has 0 saturated carbocycles. The highest BCUT2D eigenvalue weighted by molar-refractivity contribution is 14.0. The van der Waals surface area contributed by atoms with Crippen molar-refractivity contribution in [1.82, 2.24) is 19.8 Å². The van der Waals surface area contributed by atoms with Gasteiger partial charge in [0, 0.05) is 41.3 Å². The summed E-state index contributed by atoms with van der Waals surface area (Å²) in [5.41, 5.74) is 1.16. The Morgan fingerprint density at radius 3 is 2.55 bits per heavy atom. The zero-order valence-corrected chi connectivity index (χ0v) is 16.7. The Bertz CT molecular complexity index is 488. The number of rotatable bonds is 3. The van der Waals surface area contributed by atoms with Gasteiger partial charge in [0.25, 0.3) is 0 Å². The average Bonchev–Trinajstić information content (AvgIpc) is 2.83. The molecule has 0 amide bonds. The standard InChI is InChI=1S/C15H28N6.HI/c1-12-6-8-21(9-7-12)14(16-2)17-10-13-11-18-15(19(3)4)20(13)5;/h11-12H,6-10H2,1-5H3,(H,16,17);1H. The molecule has 1 aromatic rings. The molecule has 0 unspecified atom stereocenters. The van der Waals surface area contributed by atoms with E-state index >= 15 is 0 Å². The Balaban J connectivity index is 0.00000242. The predicted molar refractivity (Wildman–Crippen MR) is 103 cm³/mol. The molecule has 1 aliphatic heterocycles. The molecule has 7 heteroatoms. The fourth-order valence-corrected chi connectivity index (χ4v) is 2.74. The van der Waals surface area contributed by atoms with E-state index in [0.29, 0.717) is 0 Å². The van der Waals surface area contributed by atoms with Crippen LogP contribution in [0.4, 0.5) is 5.95 Å². The quantitative estimate of drug-likeness (QED) is 0.461. The number of piperidine rings is 1. The van der Waals surface area contributed by atoms with Crippen molar-refractivity contribution in [2.24, 2.45) is 18.0 Å². The maximum absolute atomic E-state index is 4.44. The van der Waals surface area contributed by atoms with Gasteiger partial charge in [0.1, 0.15) is 0 Å². The lowest BCUT2D eigenvalue weighted by Gasteiger charge is -2.32. The minimum absolute atomic E-state index is 0. The Hall–Kier alpha value is -0.990. The second-order valence-corrected chi connectivity index (χ2v) is 6.07. The van der Waals surface area contributed by atoms with Crippen LogP contribution in [0.3, 0.4) is 0 Å². The van der Waals surface area contributed by atoms with Crippen molar-refractivity contribution in [3.05, 3.63) is 11.9 Å². The zero-order valence-electron chi connectivity index (χ0n) is 14.3. The number of aliphatic imine (C=N–C) groups is 1. The van der Waals surface area contributed by atoms with Crippen molar-refractivity contribution in [1.29, 1.82) is 0 Å². The van der Waals surface area contributed by atoms with Crippen LogP contribution in [0.2, 0.25) is 0 Å². The third kappa shape index (κ3) is 4.50. The van der Waals surface area contributed by atoms with Crippen molar-refractivity contribution >= 4 is 35.9 Å². The van der Waals surface area contributed by atoms with E-state index in [4.69, 9.17) is 0 Å². The number of hydrogen-bond donors (Lipinski definition) is 1. The molecule has 0 aromatic carbocycles. The second-order valence-electron chi connectivity index (χ2n) is 6.07. The lowest BCUT2D eigenvalue weighted by Crippen LogP contribution is -2.45. The van der Waals surface area contributed by atoms with Gasteiger partial charge < -0.3 is 19.7 Å². The van der Waals surface area contributed by atoms with Gasteiger partial charge in [0.05, 0.1) is 18.4 Å². The SMILES string of the molecule is CN=C(NCc1cnc(N(C)C)n1C)N1CCC(C)CC1.I. The van der Waals surface area contributed by atoms with Crippen molar-refractivity contribution in [2.75, 3.05) is 39.1 Å². The van der Waals surface area contributed by atoms with Crippen LogP contribution >= 0.6 is 24.0 Å². The normalized spacial score (nSPS) is 16.4. The van der Waals surface area contributed by atoms with E-state index in [9.17, 15) is 0 Å². The molecule has 2 rings (SSSR count). The smallest absolute Gasteiger partial charge is 0.204 e. The van der Waals surface area contributed by atoms with Crippen LogP contribution in [0.15, 0.2) is 11.2 Å². The number of halogens is 1. The van der Waals surface area contributed by atoms with Crippen LogP contribution in [0.5, 0.6) is 0 Å². The maximum atomic E-state index is 4.44. The molecule has 0 aliphatic carbocycles. The number of nitrogens with zero attached hydrogens (tertiary/aromatic N) is 5. The molecule has 2 heterocycles. The number of anilines is 1. The first-order valence-electron chi connectivity index (χ1n) is 7.66. The summed E-state index contributed by atoms with van der Waals surface area (Å²) in [6, 6.07) is 0. The number of nitrogens with one attached hydrogen (secondary N) is 1. The molecule has 6 nitrogen and oxygen atoms in total. The van der Waals surface area contributed by atoms with Gasteiger partial charge in [-0.05, 0) is 18.8 Å². The van der Waals surface area contributed by atoms with Gasteiger partial charge in [-0.3, -0.25) is 4.99 Å². The molecule has 0 radical (unpaired) electrons. The van der Waals surface area contributed by atoms with Crippen LogP contribution < -0.4 is 10.2 Å². The summed E-state index contributed by atoms with van der Waals surface area (Å²) in [5.74, 6) is 2.79. The summed E-state index contributed by atoms with van der Waals surface area (Å²) in [7, 11) is 7.92. The molecular weight excluding hydrogens is 391 g/mol. The molecule has 0 atom stereocenters. The molecule has 1 fully saturated rings. The number of aromatic nitrogens is 2. The number of likely N-dealkylation sites (tertiary alicyclic amines) is 1.